The first-order chi connectivity index (χ1) is 7.04. The lowest BCUT2D eigenvalue weighted by atomic mass is 10.1. The summed E-state index contributed by atoms with van der Waals surface area (Å²) in [5, 5.41) is 9.23. The lowest BCUT2D eigenvalue weighted by Gasteiger charge is -2.11. The Hall–Kier alpha value is -1.10. The lowest BCUT2D eigenvalue weighted by molar-refractivity contribution is -0.131. The van der Waals surface area contributed by atoms with Gasteiger partial charge in [0.25, 0.3) is 0 Å². The van der Waals surface area contributed by atoms with Gasteiger partial charge in [-0.25, -0.2) is 0 Å². The van der Waals surface area contributed by atoms with Crippen LogP contribution in [0, 0.1) is 0 Å². The van der Waals surface area contributed by atoms with Gasteiger partial charge in [-0.3, -0.25) is 4.79 Å². The van der Waals surface area contributed by atoms with Gasteiger partial charge in [-0.1, -0.05) is 17.7 Å². The van der Waals surface area contributed by atoms with Crippen molar-refractivity contribution in [1.29, 1.82) is 0 Å². The third-order valence-corrected chi connectivity index (χ3v) is 2.16. The van der Waals surface area contributed by atoms with Crippen molar-refractivity contribution >= 4 is 17.6 Å². The number of aliphatic hydroxyl groups is 1. The number of carbonyl (C=O) groups is 1. The van der Waals surface area contributed by atoms with Gasteiger partial charge in [0.2, 0.25) is 0 Å². The fourth-order valence-corrected chi connectivity index (χ4v) is 1.45. The fraction of sp³-hybridized carbons (Fsp3) is 0.300. The number of aliphatic hydroxyl groups excluding tert-OH is 1. The molecule has 82 valence electrons. The van der Waals surface area contributed by atoms with E-state index in [0.717, 1.165) is 0 Å². The third kappa shape index (κ3) is 3.20. The van der Waals surface area contributed by atoms with Crippen molar-refractivity contribution in [3.05, 3.63) is 28.8 Å². The predicted molar refractivity (Wildman–Crippen MR) is 56.8 cm³/mol. The Morgan fingerprint density at radius 2 is 2.33 bits per heavy atom. The molecular weight excluding hydrogens is 218 g/mol. The van der Waals surface area contributed by atoms with Gasteiger partial charge in [0, 0.05) is 11.9 Å². The van der Waals surface area contributed by atoms with Crippen LogP contribution >= 0.6 is 11.6 Å². The summed E-state index contributed by atoms with van der Waals surface area (Å²) in [4.78, 5) is 10.7. The molecule has 0 saturated carbocycles. The van der Waals surface area contributed by atoms with Crippen molar-refractivity contribution in [2.24, 2.45) is 5.73 Å². The van der Waals surface area contributed by atoms with Crippen molar-refractivity contribution in [2.45, 2.75) is 13.0 Å². The standard InChI is InChI=1S/C10H12ClNO3/c1-6(14)15-7-2-3-8(9(11)4-7)10(12)5-13/h2-4,10,13H,5,12H2,1H3/t10-/m0/s1. The number of hydrogen-bond donors (Lipinski definition) is 2. The molecule has 1 aromatic carbocycles. The Balaban J connectivity index is 2.92. The Labute approximate surface area is 92.6 Å². The van der Waals surface area contributed by atoms with Crippen LogP contribution in [0.5, 0.6) is 5.75 Å². The maximum Gasteiger partial charge on any atom is 0.308 e. The van der Waals surface area contributed by atoms with Crippen LogP contribution in [0.4, 0.5) is 0 Å². The minimum Gasteiger partial charge on any atom is -0.427 e. The monoisotopic (exact) mass is 229 g/mol. The number of esters is 1. The predicted octanol–water partition coefficient (Wildman–Crippen LogP) is 1.26. The van der Waals surface area contributed by atoms with Gasteiger partial charge < -0.3 is 15.6 Å². The molecule has 0 aliphatic rings. The van der Waals surface area contributed by atoms with Crippen LogP contribution in [0.25, 0.3) is 0 Å². The molecule has 0 fully saturated rings. The highest BCUT2D eigenvalue weighted by Crippen LogP contribution is 2.26. The number of hydrogen-bond acceptors (Lipinski definition) is 4. The van der Waals surface area contributed by atoms with E-state index >= 15 is 0 Å². The molecule has 4 nitrogen and oxygen atoms in total. The molecule has 0 spiro atoms. The summed E-state index contributed by atoms with van der Waals surface area (Å²) in [7, 11) is 0. The van der Waals surface area contributed by atoms with E-state index in [0.29, 0.717) is 16.3 Å². The van der Waals surface area contributed by atoms with Crippen LogP contribution in [0.15, 0.2) is 18.2 Å². The molecule has 1 aromatic rings. The summed E-state index contributed by atoms with van der Waals surface area (Å²) in [5.41, 5.74) is 6.22. The maximum atomic E-state index is 10.7. The molecule has 0 aromatic heterocycles. The van der Waals surface area contributed by atoms with E-state index in [1.165, 1.54) is 13.0 Å². The van der Waals surface area contributed by atoms with E-state index in [1.807, 2.05) is 0 Å². The first-order valence-electron chi connectivity index (χ1n) is 4.39. The van der Waals surface area contributed by atoms with E-state index in [2.05, 4.69) is 0 Å². The second-order valence-electron chi connectivity index (χ2n) is 3.07. The molecule has 0 heterocycles. The zero-order valence-corrected chi connectivity index (χ0v) is 8.99. The molecule has 15 heavy (non-hydrogen) atoms. The highest BCUT2D eigenvalue weighted by Gasteiger charge is 2.10. The molecule has 5 heteroatoms. The summed E-state index contributed by atoms with van der Waals surface area (Å²) in [5.74, 6) is -0.0494. The minimum absolute atomic E-state index is 0.188. The van der Waals surface area contributed by atoms with Gasteiger partial charge in [-0.2, -0.15) is 0 Å². The smallest absolute Gasteiger partial charge is 0.308 e. The molecule has 0 bridgehead atoms. The first kappa shape index (κ1) is 12.0. The van der Waals surface area contributed by atoms with Gasteiger partial charge in [0.1, 0.15) is 5.75 Å². The van der Waals surface area contributed by atoms with Gasteiger partial charge in [0.15, 0.2) is 0 Å². The lowest BCUT2D eigenvalue weighted by Crippen LogP contribution is -2.15. The van der Waals surface area contributed by atoms with Crippen LogP contribution in [-0.4, -0.2) is 17.7 Å². The second-order valence-corrected chi connectivity index (χ2v) is 3.47. The Morgan fingerprint density at radius 1 is 1.67 bits per heavy atom. The molecular formula is C10H12ClNO3. The van der Waals surface area contributed by atoms with Crippen molar-refractivity contribution in [3.8, 4) is 5.75 Å². The molecule has 1 rings (SSSR count). The van der Waals surface area contributed by atoms with Crippen molar-refractivity contribution in [1.82, 2.24) is 0 Å². The highest BCUT2D eigenvalue weighted by atomic mass is 35.5. The van der Waals surface area contributed by atoms with Gasteiger partial charge in [-0.15, -0.1) is 0 Å². The average Bonchev–Trinajstić information content (AvgIpc) is 2.16. The quantitative estimate of drug-likeness (QED) is 0.605. The molecule has 0 saturated heterocycles. The zero-order chi connectivity index (χ0) is 11.4. The minimum atomic E-state index is -0.524. The normalized spacial score (nSPS) is 12.3. The number of ether oxygens (including phenoxy) is 1. The Kier molecular flexibility index (Phi) is 4.08. The second kappa shape index (κ2) is 5.11. The van der Waals surface area contributed by atoms with Crippen LogP contribution < -0.4 is 10.5 Å². The molecule has 0 aliphatic carbocycles. The molecule has 0 amide bonds. The SMILES string of the molecule is CC(=O)Oc1ccc([C@@H](N)CO)c(Cl)c1. The number of rotatable bonds is 3. The molecule has 0 unspecified atom stereocenters. The number of benzene rings is 1. The van der Waals surface area contributed by atoms with E-state index in [4.69, 9.17) is 27.2 Å². The van der Waals surface area contributed by atoms with Gasteiger partial charge >= 0.3 is 5.97 Å². The van der Waals surface area contributed by atoms with Gasteiger partial charge in [0.05, 0.1) is 12.6 Å². The molecule has 0 aliphatic heterocycles. The third-order valence-electron chi connectivity index (χ3n) is 1.83. The van der Waals surface area contributed by atoms with Crippen LogP contribution in [0.3, 0.4) is 0 Å². The van der Waals surface area contributed by atoms with Crippen molar-refractivity contribution < 1.29 is 14.6 Å². The number of nitrogens with two attached hydrogens (primary N) is 1. The summed E-state index contributed by atoms with van der Waals surface area (Å²) < 4.78 is 4.84. The zero-order valence-electron chi connectivity index (χ0n) is 8.24. The fourth-order valence-electron chi connectivity index (χ4n) is 1.14. The molecule has 1 atom stereocenters. The maximum absolute atomic E-state index is 10.7. The number of carbonyl (C=O) groups excluding carboxylic acids is 1. The summed E-state index contributed by atoms with van der Waals surface area (Å²) in [6.45, 7) is 1.12. The first-order valence-corrected chi connectivity index (χ1v) is 4.76. The summed E-state index contributed by atoms with van der Waals surface area (Å²) in [6.07, 6.45) is 0. The largest absolute Gasteiger partial charge is 0.427 e. The van der Waals surface area contributed by atoms with E-state index < -0.39 is 12.0 Å². The summed E-state index contributed by atoms with van der Waals surface area (Å²) >= 11 is 5.90. The molecule has 3 N–H and O–H groups in total. The van der Waals surface area contributed by atoms with Crippen molar-refractivity contribution in [3.63, 3.8) is 0 Å². The molecule has 0 radical (unpaired) electrons. The van der Waals surface area contributed by atoms with Crippen LogP contribution in [0.1, 0.15) is 18.5 Å². The van der Waals surface area contributed by atoms with Crippen LogP contribution in [0.2, 0.25) is 5.02 Å². The highest BCUT2D eigenvalue weighted by molar-refractivity contribution is 6.31. The van der Waals surface area contributed by atoms with E-state index in [-0.39, 0.29) is 6.61 Å². The van der Waals surface area contributed by atoms with Crippen molar-refractivity contribution in [2.75, 3.05) is 6.61 Å². The van der Waals surface area contributed by atoms with E-state index in [9.17, 15) is 4.79 Å². The van der Waals surface area contributed by atoms with Crippen LogP contribution in [-0.2, 0) is 4.79 Å². The topological polar surface area (TPSA) is 72.5 Å². The Bertz CT molecular complexity index is 368. The average molecular weight is 230 g/mol. The number of halogens is 1. The summed E-state index contributed by atoms with van der Waals surface area (Å²) in [6, 6.07) is 4.18. The Morgan fingerprint density at radius 3 is 2.80 bits per heavy atom. The van der Waals surface area contributed by atoms with Gasteiger partial charge in [-0.05, 0) is 17.7 Å². The van der Waals surface area contributed by atoms with E-state index in [1.54, 1.807) is 12.1 Å².